The van der Waals surface area contributed by atoms with E-state index in [4.69, 9.17) is 8.92 Å². The third-order valence-electron chi connectivity index (χ3n) is 3.93. The summed E-state index contributed by atoms with van der Waals surface area (Å²) in [4.78, 5) is 12.3. The van der Waals surface area contributed by atoms with Gasteiger partial charge in [-0.2, -0.15) is 13.1 Å². The van der Waals surface area contributed by atoms with E-state index in [0.717, 1.165) is 11.1 Å². The van der Waals surface area contributed by atoms with Gasteiger partial charge in [0.2, 0.25) is 0 Å². The van der Waals surface area contributed by atoms with Crippen LogP contribution in [-0.2, 0) is 37.0 Å². The van der Waals surface area contributed by atoms with E-state index in [9.17, 15) is 13.2 Å². The van der Waals surface area contributed by atoms with Crippen molar-refractivity contribution in [2.45, 2.75) is 31.6 Å². The number of rotatable bonds is 6. The van der Waals surface area contributed by atoms with Crippen molar-refractivity contribution in [3.63, 3.8) is 0 Å². The Morgan fingerprint density at radius 2 is 1.60 bits per heavy atom. The number of ether oxygens (including phenoxy) is 1. The van der Waals surface area contributed by atoms with Gasteiger partial charge in [-0.05, 0) is 24.0 Å². The second-order valence-corrected chi connectivity index (χ2v) is 7.15. The summed E-state index contributed by atoms with van der Waals surface area (Å²) in [5.41, 5.74) is 1.88. The smallest absolute Gasteiger partial charge is 0.338 e. The molecule has 0 unspecified atom stereocenters. The molecule has 0 bridgehead atoms. The zero-order chi connectivity index (χ0) is 17.7. The molecule has 2 aromatic carbocycles. The molecule has 3 rings (SSSR count). The van der Waals surface area contributed by atoms with Crippen molar-refractivity contribution >= 4 is 16.3 Å². The molecule has 0 radical (unpaired) electrons. The van der Waals surface area contributed by atoms with Gasteiger partial charge in [0.15, 0.2) is 6.10 Å². The molecular weight excluding hydrogens is 342 g/mol. The van der Waals surface area contributed by atoms with Crippen molar-refractivity contribution in [2.75, 3.05) is 0 Å². The molecule has 1 N–H and O–H groups in total. The van der Waals surface area contributed by atoms with E-state index in [1.165, 1.54) is 0 Å². The Kier molecular flexibility index (Phi) is 5.47. The number of nitrogens with one attached hydrogen (secondary N) is 1. The monoisotopic (exact) mass is 361 g/mol. The highest BCUT2D eigenvalue weighted by atomic mass is 32.2. The van der Waals surface area contributed by atoms with Crippen LogP contribution in [0.3, 0.4) is 0 Å². The van der Waals surface area contributed by atoms with Crippen molar-refractivity contribution in [1.29, 1.82) is 0 Å². The molecule has 2 aromatic rings. The van der Waals surface area contributed by atoms with Gasteiger partial charge in [0.25, 0.3) is 0 Å². The van der Waals surface area contributed by atoms with Crippen LogP contribution in [0.4, 0.5) is 0 Å². The van der Waals surface area contributed by atoms with Gasteiger partial charge in [-0.25, -0.2) is 8.98 Å². The van der Waals surface area contributed by atoms with Crippen LogP contribution < -0.4 is 4.72 Å². The minimum atomic E-state index is -3.93. The van der Waals surface area contributed by atoms with E-state index in [1.54, 1.807) is 0 Å². The molecule has 1 aliphatic heterocycles. The first-order valence-corrected chi connectivity index (χ1v) is 9.39. The lowest BCUT2D eigenvalue weighted by molar-refractivity contribution is -0.153. The summed E-state index contributed by atoms with van der Waals surface area (Å²) in [7, 11) is -3.93. The molecular formula is C18H19NO5S. The fourth-order valence-electron chi connectivity index (χ4n) is 2.67. The third kappa shape index (κ3) is 4.88. The molecule has 0 amide bonds. The first-order valence-electron chi connectivity index (χ1n) is 7.98. The van der Waals surface area contributed by atoms with Crippen LogP contribution in [0.1, 0.15) is 17.5 Å². The Bertz CT molecular complexity index is 808. The van der Waals surface area contributed by atoms with E-state index in [0.29, 0.717) is 12.8 Å². The molecule has 1 heterocycles. The molecule has 25 heavy (non-hydrogen) atoms. The Balaban J connectivity index is 1.61. The van der Waals surface area contributed by atoms with Crippen molar-refractivity contribution in [3.8, 4) is 0 Å². The van der Waals surface area contributed by atoms with Gasteiger partial charge in [-0.1, -0.05) is 60.7 Å². The van der Waals surface area contributed by atoms with Crippen molar-refractivity contribution in [1.82, 2.24) is 4.72 Å². The lowest BCUT2D eigenvalue weighted by Gasteiger charge is -2.15. The molecule has 7 heteroatoms. The number of carbonyl (C=O) groups is 1. The number of aryl methyl sites for hydroxylation is 1. The Hall–Kier alpha value is -2.22. The summed E-state index contributed by atoms with van der Waals surface area (Å²) in [6.07, 6.45) is -0.105. The maximum atomic E-state index is 12.3. The summed E-state index contributed by atoms with van der Waals surface area (Å²) in [5, 5.41) is 0. The minimum Gasteiger partial charge on any atom is -0.459 e. The number of esters is 1. The highest BCUT2D eigenvalue weighted by molar-refractivity contribution is 7.85. The second-order valence-electron chi connectivity index (χ2n) is 5.81. The zero-order valence-corrected chi connectivity index (χ0v) is 14.3. The van der Waals surface area contributed by atoms with Gasteiger partial charge < -0.3 is 4.74 Å². The average molecular weight is 361 g/mol. The van der Waals surface area contributed by atoms with Gasteiger partial charge in [0, 0.05) is 0 Å². The van der Waals surface area contributed by atoms with Crippen molar-refractivity contribution < 1.29 is 22.1 Å². The maximum absolute atomic E-state index is 12.3. The van der Waals surface area contributed by atoms with Crippen LogP contribution in [0.5, 0.6) is 0 Å². The minimum absolute atomic E-state index is 0.0744. The zero-order valence-electron chi connectivity index (χ0n) is 13.5. The third-order valence-corrected chi connectivity index (χ3v) is 4.99. The van der Waals surface area contributed by atoms with Gasteiger partial charge >= 0.3 is 16.3 Å². The van der Waals surface area contributed by atoms with Crippen LogP contribution in [0.15, 0.2) is 60.7 Å². The highest BCUT2D eigenvalue weighted by Gasteiger charge is 2.43. The Morgan fingerprint density at radius 1 is 1.00 bits per heavy atom. The molecule has 1 saturated heterocycles. The molecule has 2 atom stereocenters. The van der Waals surface area contributed by atoms with Gasteiger partial charge in [0.1, 0.15) is 6.61 Å². The fourth-order valence-corrected chi connectivity index (χ4v) is 3.82. The first-order chi connectivity index (χ1) is 12.0. The van der Waals surface area contributed by atoms with E-state index in [-0.39, 0.29) is 6.61 Å². The second kappa shape index (κ2) is 7.77. The molecule has 6 nitrogen and oxygen atoms in total. The summed E-state index contributed by atoms with van der Waals surface area (Å²) < 4.78 is 35.9. The van der Waals surface area contributed by atoms with Gasteiger partial charge in [-0.3, -0.25) is 0 Å². The predicted octanol–water partition coefficient (Wildman–Crippen LogP) is 1.96. The molecule has 1 aliphatic rings. The van der Waals surface area contributed by atoms with Gasteiger partial charge in [0.05, 0.1) is 6.04 Å². The molecule has 0 aromatic heterocycles. The van der Waals surface area contributed by atoms with Crippen LogP contribution in [0.25, 0.3) is 0 Å². The van der Waals surface area contributed by atoms with Crippen LogP contribution >= 0.6 is 0 Å². The summed E-state index contributed by atoms with van der Waals surface area (Å²) in [6, 6.07) is 18.2. The van der Waals surface area contributed by atoms with Crippen LogP contribution in [0, 0.1) is 0 Å². The fraction of sp³-hybridized carbons (Fsp3) is 0.278. The van der Waals surface area contributed by atoms with Crippen LogP contribution in [0.2, 0.25) is 0 Å². The highest BCUT2D eigenvalue weighted by Crippen LogP contribution is 2.20. The molecule has 132 valence electrons. The Morgan fingerprint density at radius 3 is 2.24 bits per heavy atom. The topological polar surface area (TPSA) is 81.7 Å². The molecule has 1 fully saturated rings. The standard InChI is InChI=1S/C18H19NO5S/c20-18(23-13-15-9-5-2-6-10-15)17-16(19-25(21,22)24-17)12-11-14-7-3-1-4-8-14/h1-10,16-17,19H,11-13H2/t16-,17-/m0/s1. The molecule has 0 aliphatic carbocycles. The van der Waals surface area contributed by atoms with Crippen LogP contribution in [-0.4, -0.2) is 26.5 Å². The van der Waals surface area contributed by atoms with E-state index < -0.39 is 28.4 Å². The number of hydrogen-bond acceptors (Lipinski definition) is 5. The summed E-state index contributed by atoms with van der Waals surface area (Å²) in [5.74, 6) is -0.685. The lowest BCUT2D eigenvalue weighted by Crippen LogP contribution is -2.38. The normalized spacial score (nSPS) is 21.8. The average Bonchev–Trinajstić information content (AvgIpc) is 2.94. The van der Waals surface area contributed by atoms with Crippen molar-refractivity contribution in [3.05, 3.63) is 71.8 Å². The quantitative estimate of drug-likeness (QED) is 0.796. The SMILES string of the molecule is O=C(OCc1ccccc1)[C@H]1OS(=O)(=O)N[C@H]1CCc1ccccc1. The molecule has 0 saturated carbocycles. The van der Waals surface area contributed by atoms with Crippen molar-refractivity contribution in [2.24, 2.45) is 0 Å². The summed E-state index contributed by atoms with van der Waals surface area (Å²) in [6.45, 7) is 0.0744. The maximum Gasteiger partial charge on any atom is 0.338 e. The predicted molar refractivity (Wildman–Crippen MR) is 91.7 cm³/mol. The van der Waals surface area contributed by atoms with E-state index in [2.05, 4.69) is 4.72 Å². The van der Waals surface area contributed by atoms with E-state index in [1.807, 2.05) is 60.7 Å². The number of hydrogen-bond donors (Lipinski definition) is 1. The lowest BCUT2D eigenvalue weighted by atomic mass is 10.0. The number of carbonyl (C=O) groups excluding carboxylic acids is 1. The first kappa shape index (κ1) is 17.6. The van der Waals surface area contributed by atoms with E-state index >= 15 is 0 Å². The molecule has 0 spiro atoms. The summed E-state index contributed by atoms with van der Waals surface area (Å²) >= 11 is 0. The largest absolute Gasteiger partial charge is 0.459 e. The Labute approximate surface area is 147 Å². The van der Waals surface area contributed by atoms with Gasteiger partial charge in [-0.15, -0.1) is 0 Å². The number of benzene rings is 2.